The summed E-state index contributed by atoms with van der Waals surface area (Å²) in [6.07, 6.45) is 7.22. The van der Waals surface area contributed by atoms with Gasteiger partial charge in [0.2, 0.25) is 0 Å². The zero-order chi connectivity index (χ0) is 11.8. The van der Waals surface area contributed by atoms with Gasteiger partial charge in [-0.05, 0) is 48.8 Å². The number of halogens is 2. The van der Waals surface area contributed by atoms with Crippen molar-refractivity contribution in [1.29, 1.82) is 0 Å². The van der Waals surface area contributed by atoms with Gasteiger partial charge in [-0.2, -0.15) is 0 Å². The number of nitrogens with one attached hydrogen (secondary N) is 1. The molecule has 2 bridgehead atoms. The van der Waals surface area contributed by atoms with Gasteiger partial charge >= 0.3 is 0 Å². The van der Waals surface area contributed by atoms with E-state index in [2.05, 4.69) is 33.4 Å². The van der Waals surface area contributed by atoms with E-state index in [0.29, 0.717) is 17.5 Å². The largest absolute Gasteiger partial charge is 0.382 e. The molecular formula is C14H15BrFN. The van der Waals surface area contributed by atoms with E-state index < -0.39 is 0 Å². The summed E-state index contributed by atoms with van der Waals surface area (Å²) in [4.78, 5) is 0. The fourth-order valence-electron chi connectivity index (χ4n) is 3.00. The molecule has 1 aromatic carbocycles. The summed E-state index contributed by atoms with van der Waals surface area (Å²) in [7, 11) is 0. The third kappa shape index (κ3) is 2.25. The lowest BCUT2D eigenvalue weighted by Gasteiger charge is -2.19. The third-order valence-corrected chi connectivity index (χ3v) is 4.40. The van der Waals surface area contributed by atoms with Gasteiger partial charge in [0.1, 0.15) is 5.82 Å². The molecule has 1 saturated carbocycles. The van der Waals surface area contributed by atoms with E-state index in [9.17, 15) is 4.39 Å². The maximum Gasteiger partial charge on any atom is 0.147 e. The highest BCUT2D eigenvalue weighted by Crippen LogP contribution is 2.43. The summed E-state index contributed by atoms with van der Waals surface area (Å²) in [6, 6.07) is 5.16. The number of anilines is 1. The van der Waals surface area contributed by atoms with Crippen LogP contribution >= 0.6 is 15.9 Å². The van der Waals surface area contributed by atoms with Crippen LogP contribution in [0.1, 0.15) is 12.8 Å². The maximum absolute atomic E-state index is 13.6. The molecule has 0 saturated heterocycles. The molecule has 0 aromatic heterocycles. The van der Waals surface area contributed by atoms with Crippen molar-refractivity contribution in [3.63, 3.8) is 0 Å². The summed E-state index contributed by atoms with van der Waals surface area (Å²) in [5.74, 6) is 1.98. The van der Waals surface area contributed by atoms with Crippen molar-refractivity contribution in [2.75, 3.05) is 11.9 Å². The van der Waals surface area contributed by atoms with Crippen molar-refractivity contribution < 1.29 is 4.39 Å². The second kappa shape index (κ2) is 4.45. The monoisotopic (exact) mass is 295 g/mol. The molecule has 0 heterocycles. The van der Waals surface area contributed by atoms with Gasteiger partial charge in [0.15, 0.2) is 0 Å². The Bertz CT molecular complexity index is 458. The molecule has 0 spiro atoms. The Labute approximate surface area is 109 Å². The molecule has 90 valence electrons. The first-order valence-corrected chi connectivity index (χ1v) is 6.89. The van der Waals surface area contributed by atoms with Crippen LogP contribution in [0.2, 0.25) is 0 Å². The number of benzene rings is 1. The van der Waals surface area contributed by atoms with Crippen molar-refractivity contribution in [2.24, 2.45) is 17.8 Å². The number of allylic oxidation sites excluding steroid dienone is 2. The SMILES string of the molecule is Fc1cc(Br)ccc1NCC1CC2C=CC1C2. The lowest BCUT2D eigenvalue weighted by molar-refractivity contribution is 0.470. The first-order valence-electron chi connectivity index (χ1n) is 6.09. The number of hydrogen-bond acceptors (Lipinski definition) is 1. The van der Waals surface area contributed by atoms with Gasteiger partial charge in [0, 0.05) is 11.0 Å². The van der Waals surface area contributed by atoms with Crippen LogP contribution in [0.3, 0.4) is 0 Å². The Kier molecular flexibility index (Phi) is 2.95. The van der Waals surface area contributed by atoms with Crippen molar-refractivity contribution in [2.45, 2.75) is 12.8 Å². The first kappa shape index (κ1) is 11.3. The minimum atomic E-state index is -0.182. The first-order chi connectivity index (χ1) is 8.22. The molecule has 3 heteroatoms. The molecule has 2 aliphatic carbocycles. The van der Waals surface area contributed by atoms with Crippen LogP contribution < -0.4 is 5.32 Å². The predicted octanol–water partition coefficient (Wildman–Crippen LogP) is 4.21. The minimum Gasteiger partial charge on any atom is -0.382 e. The molecule has 1 N–H and O–H groups in total. The molecule has 3 atom stereocenters. The van der Waals surface area contributed by atoms with E-state index in [1.807, 2.05) is 6.07 Å². The Balaban J connectivity index is 1.62. The number of fused-ring (bicyclic) bond motifs is 2. The molecule has 3 unspecified atom stereocenters. The Morgan fingerprint density at radius 3 is 2.82 bits per heavy atom. The number of hydrogen-bond donors (Lipinski definition) is 1. The van der Waals surface area contributed by atoms with E-state index in [0.717, 1.165) is 16.9 Å². The second-order valence-corrected chi connectivity index (χ2v) is 5.96. The normalized spacial score (nSPS) is 29.9. The van der Waals surface area contributed by atoms with Crippen molar-refractivity contribution in [1.82, 2.24) is 0 Å². The smallest absolute Gasteiger partial charge is 0.147 e. The second-order valence-electron chi connectivity index (χ2n) is 5.05. The van der Waals surface area contributed by atoms with E-state index in [1.54, 1.807) is 6.07 Å². The van der Waals surface area contributed by atoms with Crippen LogP contribution in [0.25, 0.3) is 0 Å². The van der Waals surface area contributed by atoms with Gasteiger partial charge in [-0.15, -0.1) is 0 Å². The van der Waals surface area contributed by atoms with Gasteiger partial charge in [0.25, 0.3) is 0 Å². The Hall–Kier alpha value is -0.830. The molecular weight excluding hydrogens is 281 g/mol. The van der Waals surface area contributed by atoms with Crippen molar-refractivity contribution in [3.05, 3.63) is 40.6 Å². The van der Waals surface area contributed by atoms with Crippen LogP contribution in [0.15, 0.2) is 34.8 Å². The van der Waals surface area contributed by atoms with Crippen LogP contribution in [0.4, 0.5) is 10.1 Å². The third-order valence-electron chi connectivity index (χ3n) is 3.90. The molecule has 1 nitrogen and oxygen atoms in total. The topological polar surface area (TPSA) is 12.0 Å². The van der Waals surface area contributed by atoms with Gasteiger partial charge < -0.3 is 5.32 Å². The average molecular weight is 296 g/mol. The van der Waals surface area contributed by atoms with Gasteiger partial charge in [-0.1, -0.05) is 28.1 Å². The summed E-state index contributed by atoms with van der Waals surface area (Å²) < 4.78 is 14.4. The fraction of sp³-hybridized carbons (Fsp3) is 0.429. The highest BCUT2D eigenvalue weighted by atomic mass is 79.9. The van der Waals surface area contributed by atoms with Gasteiger partial charge in [-0.3, -0.25) is 0 Å². The van der Waals surface area contributed by atoms with E-state index in [4.69, 9.17) is 0 Å². The molecule has 2 aliphatic rings. The van der Waals surface area contributed by atoms with Gasteiger partial charge in [0.05, 0.1) is 5.69 Å². The number of rotatable bonds is 3. The molecule has 0 aliphatic heterocycles. The lowest BCUT2D eigenvalue weighted by Crippen LogP contribution is -2.18. The van der Waals surface area contributed by atoms with Crippen molar-refractivity contribution in [3.8, 4) is 0 Å². The minimum absolute atomic E-state index is 0.182. The zero-order valence-electron chi connectivity index (χ0n) is 9.50. The standard InChI is InChI=1S/C14H15BrFN/c15-12-3-4-14(13(16)7-12)17-8-11-6-9-1-2-10(11)5-9/h1-4,7,9-11,17H,5-6,8H2. The zero-order valence-corrected chi connectivity index (χ0v) is 11.1. The fourth-order valence-corrected chi connectivity index (χ4v) is 3.34. The van der Waals surface area contributed by atoms with E-state index in [-0.39, 0.29) is 5.82 Å². The highest BCUT2D eigenvalue weighted by molar-refractivity contribution is 9.10. The summed E-state index contributed by atoms with van der Waals surface area (Å²) in [6.45, 7) is 0.879. The molecule has 1 aromatic rings. The lowest BCUT2D eigenvalue weighted by atomic mass is 9.93. The Morgan fingerprint density at radius 1 is 1.29 bits per heavy atom. The molecule has 1 fully saturated rings. The summed E-state index contributed by atoms with van der Waals surface area (Å²) in [5, 5.41) is 3.24. The maximum atomic E-state index is 13.6. The Morgan fingerprint density at radius 2 is 2.18 bits per heavy atom. The predicted molar refractivity (Wildman–Crippen MR) is 71.4 cm³/mol. The molecule has 17 heavy (non-hydrogen) atoms. The van der Waals surface area contributed by atoms with Crippen LogP contribution in [0.5, 0.6) is 0 Å². The molecule has 0 amide bonds. The van der Waals surface area contributed by atoms with E-state index in [1.165, 1.54) is 18.9 Å². The summed E-state index contributed by atoms with van der Waals surface area (Å²) >= 11 is 3.26. The van der Waals surface area contributed by atoms with Crippen LogP contribution in [0, 0.1) is 23.6 Å². The quantitative estimate of drug-likeness (QED) is 0.824. The van der Waals surface area contributed by atoms with Crippen LogP contribution in [-0.2, 0) is 0 Å². The van der Waals surface area contributed by atoms with Gasteiger partial charge in [-0.25, -0.2) is 4.39 Å². The average Bonchev–Trinajstić information content (AvgIpc) is 2.89. The molecule has 0 radical (unpaired) electrons. The highest BCUT2D eigenvalue weighted by Gasteiger charge is 2.35. The molecule has 3 rings (SSSR count). The van der Waals surface area contributed by atoms with Crippen molar-refractivity contribution >= 4 is 21.6 Å². The van der Waals surface area contributed by atoms with E-state index >= 15 is 0 Å². The van der Waals surface area contributed by atoms with Crippen LogP contribution in [-0.4, -0.2) is 6.54 Å². The summed E-state index contributed by atoms with van der Waals surface area (Å²) in [5.41, 5.74) is 0.611.